The third kappa shape index (κ3) is 3.84. The van der Waals surface area contributed by atoms with Gasteiger partial charge in [-0.25, -0.2) is 9.37 Å². The number of rotatable bonds is 3. The van der Waals surface area contributed by atoms with E-state index in [4.69, 9.17) is 21.1 Å². The van der Waals surface area contributed by atoms with Gasteiger partial charge in [-0.1, -0.05) is 11.6 Å². The lowest BCUT2D eigenvalue weighted by Gasteiger charge is -2.35. The molecule has 1 aromatic carbocycles. The van der Waals surface area contributed by atoms with E-state index in [-0.39, 0.29) is 23.9 Å². The van der Waals surface area contributed by atoms with Crippen molar-refractivity contribution >= 4 is 23.2 Å². The van der Waals surface area contributed by atoms with Gasteiger partial charge in [-0.15, -0.1) is 0 Å². The van der Waals surface area contributed by atoms with Gasteiger partial charge in [0.2, 0.25) is 5.88 Å². The van der Waals surface area contributed by atoms with Crippen molar-refractivity contribution in [2.24, 2.45) is 0 Å². The molecule has 4 rings (SSSR count). The number of hydrogen-bond acceptors (Lipinski definition) is 4. The molecule has 2 aliphatic heterocycles. The van der Waals surface area contributed by atoms with Crippen LogP contribution in [0.5, 0.6) is 5.88 Å². The van der Waals surface area contributed by atoms with Crippen LogP contribution < -0.4 is 9.64 Å². The molecular formula is C21H22ClFN2O3. The van der Waals surface area contributed by atoms with Crippen LogP contribution in [0.4, 0.5) is 10.1 Å². The minimum Gasteiger partial charge on any atom is -0.473 e. The number of aryl methyl sites for hydroxylation is 1. The Kier molecular flexibility index (Phi) is 5.51. The maximum Gasteiger partial charge on any atom is 0.260 e. The molecule has 5 nitrogen and oxygen atoms in total. The largest absolute Gasteiger partial charge is 0.473 e. The van der Waals surface area contributed by atoms with E-state index >= 15 is 0 Å². The van der Waals surface area contributed by atoms with Gasteiger partial charge in [0, 0.05) is 30.8 Å². The van der Waals surface area contributed by atoms with Crippen LogP contribution in [0.3, 0.4) is 0 Å². The van der Waals surface area contributed by atoms with Crippen LogP contribution >= 0.6 is 11.6 Å². The lowest BCUT2D eigenvalue weighted by molar-refractivity contribution is 0.0238. The van der Waals surface area contributed by atoms with E-state index in [1.807, 2.05) is 6.92 Å². The number of carbonyl (C=O) groups excluding carboxylic acids is 1. The van der Waals surface area contributed by atoms with Crippen LogP contribution in [-0.2, 0) is 11.2 Å². The molecule has 28 heavy (non-hydrogen) atoms. The van der Waals surface area contributed by atoms with Crippen LogP contribution in [0.15, 0.2) is 30.5 Å². The lowest BCUT2D eigenvalue weighted by Crippen LogP contribution is -2.42. The molecule has 0 N–H and O–H groups in total. The average Bonchev–Trinajstić information content (AvgIpc) is 2.70. The molecule has 3 heterocycles. The summed E-state index contributed by atoms with van der Waals surface area (Å²) >= 11 is 6.35. The Balaban J connectivity index is 1.57. The molecule has 1 unspecified atom stereocenters. The molecule has 1 atom stereocenters. The number of amides is 1. The lowest BCUT2D eigenvalue weighted by atomic mass is 9.95. The Morgan fingerprint density at radius 2 is 2.07 bits per heavy atom. The Morgan fingerprint density at radius 1 is 1.29 bits per heavy atom. The number of benzene rings is 1. The Hall–Kier alpha value is -2.18. The topological polar surface area (TPSA) is 51.7 Å². The molecule has 1 saturated heterocycles. The first-order valence-corrected chi connectivity index (χ1v) is 9.92. The molecular weight excluding hydrogens is 383 g/mol. The molecule has 0 bridgehead atoms. The van der Waals surface area contributed by atoms with Crippen molar-refractivity contribution in [3.63, 3.8) is 0 Å². The van der Waals surface area contributed by atoms with Gasteiger partial charge in [0.05, 0.1) is 18.8 Å². The zero-order chi connectivity index (χ0) is 19.7. The first-order valence-electron chi connectivity index (χ1n) is 9.55. The number of hydrogen-bond donors (Lipinski definition) is 0. The summed E-state index contributed by atoms with van der Waals surface area (Å²) in [5.41, 5.74) is 1.96. The van der Waals surface area contributed by atoms with Gasteiger partial charge in [-0.2, -0.15) is 0 Å². The van der Waals surface area contributed by atoms with Crippen LogP contribution in [0.25, 0.3) is 0 Å². The standard InChI is InChI=1S/C21H22ClFN2O3/c1-13-2-3-14-10-16(23)4-5-19(14)25(13)21(26)15-11-18(22)20(24-12-15)28-17-6-8-27-9-7-17/h4-5,10-13,17H,2-3,6-9H2,1H3. The van der Waals surface area contributed by atoms with Crippen molar-refractivity contribution in [3.8, 4) is 5.88 Å². The number of nitrogens with zero attached hydrogens (tertiary/aromatic N) is 2. The smallest absolute Gasteiger partial charge is 0.260 e. The fraction of sp³-hybridized carbons (Fsp3) is 0.429. The minimum absolute atomic E-state index is 0.00222. The molecule has 2 aliphatic rings. The predicted molar refractivity (Wildman–Crippen MR) is 105 cm³/mol. The van der Waals surface area contributed by atoms with E-state index in [0.717, 1.165) is 36.9 Å². The maximum atomic E-state index is 13.6. The second-order valence-corrected chi connectivity index (χ2v) is 7.68. The van der Waals surface area contributed by atoms with Crippen molar-refractivity contribution in [1.82, 2.24) is 4.98 Å². The van der Waals surface area contributed by atoms with Crippen molar-refractivity contribution in [3.05, 3.63) is 52.4 Å². The summed E-state index contributed by atoms with van der Waals surface area (Å²) in [4.78, 5) is 19.2. The summed E-state index contributed by atoms with van der Waals surface area (Å²) in [5, 5.41) is 0.307. The molecule has 148 valence electrons. The molecule has 0 radical (unpaired) electrons. The normalized spacial score (nSPS) is 20.0. The fourth-order valence-electron chi connectivity index (χ4n) is 3.75. The summed E-state index contributed by atoms with van der Waals surface area (Å²) < 4.78 is 24.8. The Bertz CT molecular complexity index is 886. The monoisotopic (exact) mass is 404 g/mol. The minimum atomic E-state index is -0.292. The highest BCUT2D eigenvalue weighted by molar-refractivity contribution is 6.32. The van der Waals surface area contributed by atoms with Gasteiger partial charge in [0.1, 0.15) is 16.9 Å². The Morgan fingerprint density at radius 3 is 2.82 bits per heavy atom. The van der Waals surface area contributed by atoms with Gasteiger partial charge >= 0.3 is 0 Å². The van der Waals surface area contributed by atoms with E-state index < -0.39 is 0 Å². The van der Waals surface area contributed by atoms with Gasteiger partial charge in [0.25, 0.3) is 5.91 Å². The van der Waals surface area contributed by atoms with Crippen LogP contribution in [0.1, 0.15) is 42.1 Å². The molecule has 1 aromatic heterocycles. The fourth-order valence-corrected chi connectivity index (χ4v) is 3.96. The number of anilines is 1. The first-order chi connectivity index (χ1) is 13.5. The second-order valence-electron chi connectivity index (χ2n) is 7.28. The second kappa shape index (κ2) is 8.05. The van der Waals surface area contributed by atoms with Crippen LogP contribution in [0.2, 0.25) is 5.02 Å². The summed E-state index contributed by atoms with van der Waals surface area (Å²) in [6, 6.07) is 6.14. The molecule has 2 aromatic rings. The van der Waals surface area contributed by atoms with Gasteiger partial charge in [-0.3, -0.25) is 4.79 Å². The number of halogens is 2. The molecule has 0 aliphatic carbocycles. The highest BCUT2D eigenvalue weighted by Gasteiger charge is 2.30. The Labute approximate surface area is 168 Å². The van der Waals surface area contributed by atoms with Gasteiger partial charge in [0.15, 0.2) is 0 Å². The van der Waals surface area contributed by atoms with Crippen molar-refractivity contribution in [1.29, 1.82) is 0 Å². The van der Waals surface area contributed by atoms with E-state index in [1.165, 1.54) is 18.3 Å². The zero-order valence-electron chi connectivity index (χ0n) is 15.7. The van der Waals surface area contributed by atoms with E-state index in [9.17, 15) is 9.18 Å². The SMILES string of the molecule is CC1CCc2cc(F)ccc2N1C(=O)c1cnc(OC2CCOCC2)c(Cl)c1. The molecule has 0 saturated carbocycles. The summed E-state index contributed by atoms with van der Waals surface area (Å²) in [6.07, 6.45) is 4.61. The third-order valence-electron chi connectivity index (χ3n) is 5.29. The van der Waals surface area contributed by atoms with Crippen molar-refractivity contribution < 1.29 is 18.7 Å². The molecule has 0 spiro atoms. The van der Waals surface area contributed by atoms with Crippen molar-refractivity contribution in [2.45, 2.75) is 44.8 Å². The van der Waals surface area contributed by atoms with E-state index in [0.29, 0.717) is 29.7 Å². The first kappa shape index (κ1) is 19.2. The average molecular weight is 405 g/mol. The predicted octanol–water partition coefficient (Wildman–Crippen LogP) is 4.41. The third-order valence-corrected chi connectivity index (χ3v) is 5.56. The molecule has 7 heteroatoms. The van der Waals surface area contributed by atoms with E-state index in [2.05, 4.69) is 4.98 Å². The number of ether oxygens (including phenoxy) is 2. The van der Waals surface area contributed by atoms with E-state index in [1.54, 1.807) is 17.0 Å². The zero-order valence-corrected chi connectivity index (χ0v) is 16.4. The van der Waals surface area contributed by atoms with Crippen LogP contribution in [0, 0.1) is 5.82 Å². The number of pyridine rings is 1. The highest BCUT2D eigenvalue weighted by atomic mass is 35.5. The number of fused-ring (bicyclic) bond motifs is 1. The maximum absolute atomic E-state index is 13.6. The number of aromatic nitrogens is 1. The highest BCUT2D eigenvalue weighted by Crippen LogP contribution is 2.33. The van der Waals surface area contributed by atoms with Gasteiger partial charge < -0.3 is 14.4 Å². The summed E-state index contributed by atoms with van der Waals surface area (Å²) in [6.45, 7) is 3.30. The van der Waals surface area contributed by atoms with Gasteiger partial charge in [-0.05, 0) is 49.6 Å². The summed E-state index contributed by atoms with van der Waals surface area (Å²) in [5.74, 6) is -0.161. The quantitative estimate of drug-likeness (QED) is 0.760. The van der Waals surface area contributed by atoms with Crippen LogP contribution in [-0.4, -0.2) is 36.3 Å². The van der Waals surface area contributed by atoms with Crippen molar-refractivity contribution in [2.75, 3.05) is 18.1 Å². The molecule has 1 amide bonds. The summed E-state index contributed by atoms with van der Waals surface area (Å²) in [7, 11) is 0. The molecule has 1 fully saturated rings. The number of carbonyl (C=O) groups is 1.